The summed E-state index contributed by atoms with van der Waals surface area (Å²) in [5.41, 5.74) is 4.76. The molecule has 2 amide bonds. The molecule has 15 heteroatoms. The van der Waals surface area contributed by atoms with E-state index in [1.165, 1.54) is 6.20 Å². The molecule has 0 spiro atoms. The van der Waals surface area contributed by atoms with Gasteiger partial charge >= 0.3 is 6.18 Å². The standard InChI is InChI=1S/C28H21F6N7O2/c29-15-1-12(2-16(30)7-15)3-20(24-19(9-36-11-38-24)14-5-18(27(35)43)26(31)37-8-14)39-22(42)10-41-21-6-13-4-17(13)23(21)25(40-41)28(32,33)34/h1-2,5,7-9,11,13,17,20H,3-4,6,10H2,(H2,35,43)(H,39,42)/t13?,17?,20-/m0/s1. The van der Waals surface area contributed by atoms with E-state index >= 15 is 0 Å². The largest absolute Gasteiger partial charge is 0.435 e. The van der Waals surface area contributed by atoms with E-state index in [9.17, 15) is 35.9 Å². The molecule has 1 fully saturated rings. The Balaban J connectivity index is 1.36. The second-order valence-electron chi connectivity index (χ2n) is 10.5. The Morgan fingerprint density at radius 3 is 2.51 bits per heavy atom. The van der Waals surface area contributed by atoms with Crippen LogP contribution in [0.2, 0.25) is 0 Å². The van der Waals surface area contributed by atoms with Gasteiger partial charge in [-0.3, -0.25) is 14.3 Å². The normalized spacial score (nSPS) is 17.7. The van der Waals surface area contributed by atoms with Crippen molar-refractivity contribution < 1.29 is 35.9 Å². The van der Waals surface area contributed by atoms with Crippen LogP contribution < -0.4 is 11.1 Å². The first kappa shape index (κ1) is 28.3. The maximum absolute atomic E-state index is 14.1. The number of primary amides is 1. The summed E-state index contributed by atoms with van der Waals surface area (Å²) < 4.78 is 84.4. The number of rotatable bonds is 8. The number of pyridine rings is 1. The minimum Gasteiger partial charge on any atom is -0.365 e. The van der Waals surface area contributed by atoms with Crippen molar-refractivity contribution in [2.75, 3.05) is 0 Å². The predicted octanol–water partition coefficient (Wildman–Crippen LogP) is 4.03. The Morgan fingerprint density at radius 2 is 1.81 bits per heavy atom. The zero-order chi connectivity index (χ0) is 30.6. The third kappa shape index (κ3) is 5.53. The fourth-order valence-corrected chi connectivity index (χ4v) is 5.69. The zero-order valence-corrected chi connectivity index (χ0v) is 22.0. The number of benzene rings is 1. The van der Waals surface area contributed by atoms with Crippen LogP contribution in [-0.4, -0.2) is 36.5 Å². The van der Waals surface area contributed by atoms with Crippen molar-refractivity contribution >= 4 is 11.8 Å². The molecule has 4 aromatic rings. The highest BCUT2D eigenvalue weighted by Gasteiger charge is 2.53. The fraction of sp³-hybridized carbons (Fsp3) is 0.286. The molecule has 6 rings (SSSR count). The van der Waals surface area contributed by atoms with E-state index < -0.39 is 59.4 Å². The van der Waals surface area contributed by atoms with Gasteiger partial charge in [0.2, 0.25) is 11.9 Å². The van der Waals surface area contributed by atoms with Crippen molar-refractivity contribution in [2.45, 2.75) is 43.9 Å². The summed E-state index contributed by atoms with van der Waals surface area (Å²) in [5.74, 6) is -4.83. The average molecular weight is 602 g/mol. The maximum atomic E-state index is 14.1. The van der Waals surface area contributed by atoms with Gasteiger partial charge in [-0.1, -0.05) is 0 Å². The van der Waals surface area contributed by atoms with Crippen molar-refractivity contribution in [3.63, 3.8) is 0 Å². The minimum atomic E-state index is -4.68. The number of hydrogen-bond donors (Lipinski definition) is 2. The Kier molecular flexibility index (Phi) is 6.89. The van der Waals surface area contributed by atoms with Crippen molar-refractivity contribution in [1.29, 1.82) is 0 Å². The molecule has 2 unspecified atom stereocenters. The molecule has 3 heterocycles. The van der Waals surface area contributed by atoms with Gasteiger partial charge < -0.3 is 11.1 Å². The highest BCUT2D eigenvalue weighted by Crippen LogP contribution is 2.59. The molecule has 2 aliphatic carbocycles. The molecule has 0 aliphatic heterocycles. The summed E-state index contributed by atoms with van der Waals surface area (Å²) >= 11 is 0. The van der Waals surface area contributed by atoms with Crippen LogP contribution in [-0.2, 0) is 30.4 Å². The highest BCUT2D eigenvalue weighted by atomic mass is 19.4. The second-order valence-corrected chi connectivity index (χ2v) is 10.5. The summed E-state index contributed by atoms with van der Waals surface area (Å²) in [5, 5.41) is 6.41. The van der Waals surface area contributed by atoms with E-state index in [1.54, 1.807) is 0 Å². The van der Waals surface area contributed by atoms with Gasteiger partial charge in [-0.05, 0) is 54.9 Å². The Labute approximate surface area is 239 Å². The predicted molar refractivity (Wildman–Crippen MR) is 136 cm³/mol. The SMILES string of the molecule is NC(=O)c1cc(-c2cncnc2[C@H](Cc2cc(F)cc(F)c2)NC(=O)Cn2nc(C(F)(F)F)c3c2CC2CC32)cnc1F. The lowest BCUT2D eigenvalue weighted by Gasteiger charge is -2.21. The first-order chi connectivity index (χ1) is 20.4. The number of halogens is 6. The Morgan fingerprint density at radius 1 is 1.07 bits per heavy atom. The molecule has 0 bridgehead atoms. The van der Waals surface area contributed by atoms with Crippen LogP contribution in [0.5, 0.6) is 0 Å². The number of carbonyl (C=O) groups is 2. The summed E-state index contributed by atoms with van der Waals surface area (Å²) in [4.78, 5) is 36.8. The number of nitrogens with zero attached hydrogens (tertiary/aromatic N) is 5. The molecule has 1 saturated carbocycles. The van der Waals surface area contributed by atoms with Gasteiger partial charge in [0.15, 0.2) is 5.69 Å². The molecule has 43 heavy (non-hydrogen) atoms. The van der Waals surface area contributed by atoms with Gasteiger partial charge in [-0.2, -0.15) is 22.7 Å². The fourth-order valence-electron chi connectivity index (χ4n) is 5.69. The molecular weight excluding hydrogens is 580 g/mol. The van der Waals surface area contributed by atoms with Crippen molar-refractivity contribution in [3.8, 4) is 11.1 Å². The number of alkyl halides is 3. The van der Waals surface area contributed by atoms with Crippen molar-refractivity contribution in [2.24, 2.45) is 11.7 Å². The van der Waals surface area contributed by atoms with Crippen LogP contribution in [0.4, 0.5) is 26.3 Å². The van der Waals surface area contributed by atoms with Crippen LogP contribution in [0.3, 0.4) is 0 Å². The topological polar surface area (TPSA) is 129 Å². The van der Waals surface area contributed by atoms with E-state index in [-0.39, 0.29) is 46.2 Å². The van der Waals surface area contributed by atoms with E-state index in [0.29, 0.717) is 24.6 Å². The first-order valence-corrected chi connectivity index (χ1v) is 13.1. The number of nitrogens with one attached hydrogen (secondary N) is 1. The number of carbonyl (C=O) groups excluding carboxylic acids is 2. The van der Waals surface area contributed by atoms with Crippen LogP contribution in [0.1, 0.15) is 56.9 Å². The van der Waals surface area contributed by atoms with Crippen molar-refractivity contribution in [3.05, 3.63) is 94.3 Å². The zero-order valence-electron chi connectivity index (χ0n) is 22.0. The van der Waals surface area contributed by atoms with Gasteiger partial charge in [0.1, 0.15) is 24.5 Å². The van der Waals surface area contributed by atoms with E-state index in [2.05, 4.69) is 25.4 Å². The monoisotopic (exact) mass is 601 g/mol. The van der Waals surface area contributed by atoms with E-state index in [4.69, 9.17) is 5.73 Å². The number of amides is 2. The highest BCUT2D eigenvalue weighted by molar-refractivity contribution is 5.94. The lowest BCUT2D eigenvalue weighted by Crippen LogP contribution is -2.34. The molecule has 2 aliphatic rings. The Hall–Kier alpha value is -4.82. The van der Waals surface area contributed by atoms with Gasteiger partial charge in [0.25, 0.3) is 5.91 Å². The third-order valence-corrected chi connectivity index (χ3v) is 7.60. The average Bonchev–Trinajstić information content (AvgIpc) is 3.45. The molecular formula is C28H21F6N7O2. The van der Waals surface area contributed by atoms with Gasteiger partial charge in [0, 0.05) is 40.8 Å². The lowest BCUT2D eigenvalue weighted by atomic mass is 9.96. The second kappa shape index (κ2) is 10.5. The van der Waals surface area contributed by atoms with Crippen molar-refractivity contribution in [1.82, 2.24) is 30.0 Å². The Bertz CT molecular complexity index is 1750. The van der Waals surface area contributed by atoms with Gasteiger partial charge in [0.05, 0.1) is 17.3 Å². The van der Waals surface area contributed by atoms with Crippen LogP contribution >= 0.6 is 0 Å². The summed E-state index contributed by atoms with van der Waals surface area (Å²) in [6.45, 7) is -0.559. The minimum absolute atomic E-state index is 0.0947. The molecule has 0 radical (unpaired) electrons. The number of hydrogen-bond acceptors (Lipinski definition) is 6. The van der Waals surface area contributed by atoms with Crippen LogP contribution in [0.25, 0.3) is 11.1 Å². The van der Waals surface area contributed by atoms with E-state index in [0.717, 1.165) is 35.4 Å². The smallest absolute Gasteiger partial charge is 0.365 e. The first-order valence-electron chi connectivity index (χ1n) is 13.1. The number of fused-ring (bicyclic) bond motifs is 3. The van der Waals surface area contributed by atoms with Gasteiger partial charge in [-0.15, -0.1) is 0 Å². The quantitative estimate of drug-likeness (QED) is 0.232. The number of nitrogens with two attached hydrogens (primary N) is 1. The lowest BCUT2D eigenvalue weighted by molar-refractivity contribution is -0.142. The molecule has 0 saturated heterocycles. The molecule has 3 atom stereocenters. The molecule has 9 nitrogen and oxygen atoms in total. The molecule has 222 valence electrons. The van der Waals surface area contributed by atoms with Crippen LogP contribution in [0.15, 0.2) is 43.0 Å². The molecule has 1 aromatic carbocycles. The molecule has 3 N–H and O–H groups in total. The third-order valence-electron chi connectivity index (χ3n) is 7.60. The maximum Gasteiger partial charge on any atom is 0.435 e. The van der Waals surface area contributed by atoms with Gasteiger partial charge in [-0.25, -0.2) is 23.7 Å². The van der Waals surface area contributed by atoms with E-state index in [1.807, 2.05) is 0 Å². The molecule has 3 aromatic heterocycles. The summed E-state index contributed by atoms with van der Waals surface area (Å²) in [6.07, 6.45) is -0.354. The number of aromatic nitrogens is 5. The van der Waals surface area contributed by atoms with Crippen LogP contribution in [0, 0.1) is 23.5 Å². The summed E-state index contributed by atoms with van der Waals surface area (Å²) in [7, 11) is 0. The summed E-state index contributed by atoms with van der Waals surface area (Å²) in [6, 6.07) is 2.77.